The van der Waals surface area contributed by atoms with Crippen LogP contribution in [0.1, 0.15) is 71.6 Å². The van der Waals surface area contributed by atoms with Crippen molar-refractivity contribution < 1.29 is 18.5 Å². The molecule has 1 spiro atoms. The number of hydrogen-bond donors (Lipinski definition) is 0. The Morgan fingerprint density at radius 3 is 2.45 bits per heavy atom. The van der Waals surface area contributed by atoms with Crippen molar-refractivity contribution >= 4 is 27.1 Å². The van der Waals surface area contributed by atoms with Crippen LogP contribution in [0.25, 0.3) is 0 Å². The van der Waals surface area contributed by atoms with Gasteiger partial charge in [-0.15, -0.1) is 0 Å². The van der Waals surface area contributed by atoms with E-state index < -0.39 is 9.52 Å². The number of ketones is 1. The first kappa shape index (κ1) is 19.8. The number of esters is 1. The van der Waals surface area contributed by atoms with Gasteiger partial charge in [-0.05, 0) is 89.6 Å². The molecule has 5 aliphatic rings. The molecule has 8 atom stereocenters. The molecule has 0 aromatic rings. The lowest BCUT2D eigenvalue weighted by molar-refractivity contribution is -0.167. The number of hydrogen-bond acceptors (Lipinski definition) is 4. The van der Waals surface area contributed by atoms with E-state index in [4.69, 9.17) is 4.74 Å². The third-order valence-electron chi connectivity index (χ3n) is 9.93. The van der Waals surface area contributed by atoms with Crippen LogP contribution in [0.5, 0.6) is 0 Å². The number of ether oxygens (including phenoxy) is 1. The number of carbonyl (C=O) groups excluding carboxylic acids is 2. The molecule has 0 bridgehead atoms. The van der Waals surface area contributed by atoms with Gasteiger partial charge in [0, 0.05) is 29.8 Å². The van der Waals surface area contributed by atoms with Crippen LogP contribution in [0, 0.1) is 28.6 Å². The fourth-order valence-corrected chi connectivity index (χ4v) is 9.88. The topological polar surface area (TPSA) is 60.4 Å². The van der Waals surface area contributed by atoms with Gasteiger partial charge in [0.05, 0.1) is 0 Å². The maximum Gasteiger partial charge on any atom is 0.306 e. The molecule has 4 aliphatic carbocycles. The number of fused-ring (bicyclic) bond motifs is 6. The summed E-state index contributed by atoms with van der Waals surface area (Å²) in [5, 5.41) is 0.00889. The Bertz CT molecular complexity index is 917. The van der Waals surface area contributed by atoms with Crippen molar-refractivity contribution in [3.8, 4) is 0 Å². The fraction of sp³-hybridized carbons (Fsp3) is 0.792. The van der Waals surface area contributed by atoms with E-state index in [1.165, 1.54) is 5.57 Å². The van der Waals surface area contributed by atoms with E-state index in [1.807, 2.05) is 12.3 Å². The molecular weight excluding hydrogens is 384 g/mol. The molecule has 5 rings (SSSR count). The lowest BCUT2D eigenvalue weighted by Crippen LogP contribution is -2.59. The SMILES string of the molecule is C=S(C)(=O)C1CC2=CC(=O)CCC2(C)C2CCC3(C)C(CCC34CCC(=O)O4)C21. The number of allylic oxidation sites excluding steroid dienone is 1. The Hall–Kier alpha value is -1.10. The van der Waals surface area contributed by atoms with E-state index in [1.54, 1.807) is 0 Å². The van der Waals surface area contributed by atoms with Crippen LogP contribution in [0.2, 0.25) is 0 Å². The molecule has 4 fully saturated rings. The zero-order valence-corrected chi connectivity index (χ0v) is 18.8. The summed E-state index contributed by atoms with van der Waals surface area (Å²) in [5.74, 6) is 5.49. The maximum atomic E-state index is 13.4. The standard InChI is InChI=1S/C24H34O4S/c1-22-9-5-16(25)13-15(22)14-19(29(3,4)27)21-17(22)6-10-23(2)18(21)7-11-24(23)12-8-20(26)28-24/h13,17-19,21H,3,5-12,14H2,1-2,4H3. The second kappa shape index (κ2) is 5.99. The minimum absolute atomic E-state index is 0.00889. The first-order valence-electron chi connectivity index (χ1n) is 11.3. The molecule has 3 saturated carbocycles. The second-order valence-electron chi connectivity index (χ2n) is 11.1. The van der Waals surface area contributed by atoms with Crippen LogP contribution in [0.3, 0.4) is 0 Å². The van der Waals surface area contributed by atoms with Crippen molar-refractivity contribution in [2.24, 2.45) is 28.6 Å². The van der Waals surface area contributed by atoms with E-state index >= 15 is 0 Å². The zero-order valence-electron chi connectivity index (χ0n) is 18.0. The first-order valence-corrected chi connectivity index (χ1v) is 13.5. The molecule has 8 unspecified atom stereocenters. The van der Waals surface area contributed by atoms with Gasteiger partial charge in [0.1, 0.15) is 5.60 Å². The van der Waals surface area contributed by atoms with Gasteiger partial charge in [-0.25, -0.2) is 0 Å². The van der Waals surface area contributed by atoms with Crippen molar-refractivity contribution in [2.75, 3.05) is 6.26 Å². The summed E-state index contributed by atoms with van der Waals surface area (Å²) in [4.78, 5) is 24.3. The summed E-state index contributed by atoms with van der Waals surface area (Å²) >= 11 is 0. The van der Waals surface area contributed by atoms with Crippen molar-refractivity contribution in [3.05, 3.63) is 11.6 Å². The Kier molecular flexibility index (Phi) is 4.10. The van der Waals surface area contributed by atoms with Gasteiger partial charge in [-0.2, -0.15) is 0 Å². The summed E-state index contributed by atoms with van der Waals surface area (Å²) < 4.78 is 19.5. The van der Waals surface area contributed by atoms with Gasteiger partial charge >= 0.3 is 5.97 Å². The summed E-state index contributed by atoms with van der Waals surface area (Å²) in [5.41, 5.74) is 0.899. The number of rotatable bonds is 1. The van der Waals surface area contributed by atoms with Crippen LogP contribution in [-0.4, -0.2) is 38.9 Å². The van der Waals surface area contributed by atoms with E-state index in [-0.39, 0.29) is 33.4 Å². The predicted molar refractivity (Wildman–Crippen MR) is 115 cm³/mol. The van der Waals surface area contributed by atoms with Crippen LogP contribution in [0.15, 0.2) is 11.6 Å². The average Bonchev–Trinajstić information content (AvgIpc) is 3.15. The highest BCUT2D eigenvalue weighted by Gasteiger charge is 2.68. The quantitative estimate of drug-likeness (QED) is 0.478. The maximum absolute atomic E-state index is 13.4. The highest BCUT2D eigenvalue weighted by atomic mass is 32.2. The van der Waals surface area contributed by atoms with Crippen LogP contribution in [0.4, 0.5) is 0 Å². The van der Waals surface area contributed by atoms with Gasteiger partial charge in [0.2, 0.25) is 0 Å². The van der Waals surface area contributed by atoms with Crippen molar-refractivity contribution in [1.82, 2.24) is 0 Å². The fourth-order valence-electron chi connectivity index (χ4n) is 8.30. The van der Waals surface area contributed by atoms with Gasteiger partial charge in [-0.3, -0.25) is 13.8 Å². The first-order chi connectivity index (χ1) is 13.5. The smallest absolute Gasteiger partial charge is 0.306 e. The normalized spacial score (nSPS) is 50.9. The molecule has 1 saturated heterocycles. The molecule has 0 radical (unpaired) electrons. The van der Waals surface area contributed by atoms with E-state index in [9.17, 15) is 13.8 Å². The Balaban J connectivity index is 1.61. The monoisotopic (exact) mass is 418 g/mol. The molecule has 0 N–H and O–H groups in total. The Morgan fingerprint density at radius 2 is 1.79 bits per heavy atom. The highest BCUT2D eigenvalue weighted by Crippen LogP contribution is 2.70. The molecule has 160 valence electrons. The second-order valence-corrected chi connectivity index (χ2v) is 13.9. The Labute approximate surface area is 174 Å². The van der Waals surface area contributed by atoms with Crippen LogP contribution in [-0.2, 0) is 23.8 Å². The van der Waals surface area contributed by atoms with Gasteiger partial charge < -0.3 is 4.74 Å². The molecule has 0 aromatic heterocycles. The summed E-state index contributed by atoms with van der Waals surface area (Å²) in [7, 11) is -2.26. The van der Waals surface area contributed by atoms with Crippen LogP contribution < -0.4 is 0 Å². The van der Waals surface area contributed by atoms with Crippen molar-refractivity contribution in [3.63, 3.8) is 0 Å². The van der Waals surface area contributed by atoms with E-state index in [0.717, 1.165) is 44.9 Å². The van der Waals surface area contributed by atoms with Crippen molar-refractivity contribution in [1.29, 1.82) is 0 Å². The highest BCUT2D eigenvalue weighted by molar-refractivity contribution is 8.00. The summed E-state index contributed by atoms with van der Waals surface area (Å²) in [6.07, 6.45) is 11.4. The Morgan fingerprint density at radius 1 is 1.07 bits per heavy atom. The third-order valence-corrected chi connectivity index (χ3v) is 11.7. The minimum atomic E-state index is -2.26. The molecule has 0 amide bonds. The number of carbonyl (C=O) groups is 2. The zero-order chi connectivity index (χ0) is 20.8. The molecule has 5 heteroatoms. The molecule has 0 aromatic carbocycles. The minimum Gasteiger partial charge on any atom is -0.458 e. The molecule has 4 nitrogen and oxygen atoms in total. The molecule has 1 aliphatic heterocycles. The molecule has 29 heavy (non-hydrogen) atoms. The van der Waals surface area contributed by atoms with E-state index in [0.29, 0.717) is 30.6 Å². The van der Waals surface area contributed by atoms with Gasteiger partial charge in [-0.1, -0.05) is 19.4 Å². The molecular formula is C24H34O4S. The lowest BCUT2D eigenvalue weighted by atomic mass is 9.46. The predicted octanol–water partition coefficient (Wildman–Crippen LogP) is 3.92. The van der Waals surface area contributed by atoms with E-state index in [2.05, 4.69) is 19.7 Å². The largest absolute Gasteiger partial charge is 0.458 e. The van der Waals surface area contributed by atoms with Gasteiger partial charge in [0.25, 0.3) is 0 Å². The summed E-state index contributed by atoms with van der Waals surface area (Å²) in [6, 6.07) is 0. The summed E-state index contributed by atoms with van der Waals surface area (Å²) in [6.45, 7) is 4.69. The molecule has 1 heterocycles. The third kappa shape index (κ3) is 2.55. The van der Waals surface area contributed by atoms with Gasteiger partial charge in [0.15, 0.2) is 5.78 Å². The lowest BCUT2D eigenvalue weighted by Gasteiger charge is -2.61. The van der Waals surface area contributed by atoms with Crippen LogP contribution >= 0.6 is 0 Å². The van der Waals surface area contributed by atoms with Crippen molar-refractivity contribution in [2.45, 2.75) is 82.5 Å². The average molecular weight is 419 g/mol.